The first-order valence-corrected chi connectivity index (χ1v) is 5.79. The number of nitro groups is 1. The van der Waals surface area contributed by atoms with Crippen LogP contribution in [0.3, 0.4) is 0 Å². The van der Waals surface area contributed by atoms with Crippen LogP contribution in [0.25, 0.3) is 0 Å². The lowest BCUT2D eigenvalue weighted by Gasteiger charge is -2.04. The normalized spacial score (nSPS) is 10.5. The molecule has 1 heterocycles. The van der Waals surface area contributed by atoms with Gasteiger partial charge in [0.05, 0.1) is 6.54 Å². The number of hydrogen-bond donors (Lipinski definition) is 0. The molecule has 0 saturated heterocycles. The van der Waals surface area contributed by atoms with Gasteiger partial charge in [-0.3, -0.25) is 0 Å². The van der Waals surface area contributed by atoms with Crippen molar-refractivity contribution in [1.82, 2.24) is 9.55 Å². The molecule has 17 heavy (non-hydrogen) atoms. The summed E-state index contributed by atoms with van der Waals surface area (Å²) in [6, 6.07) is 7.77. The molecule has 1 aromatic heterocycles. The van der Waals surface area contributed by atoms with Crippen molar-refractivity contribution in [3.8, 4) is 0 Å². The van der Waals surface area contributed by atoms with E-state index in [-0.39, 0.29) is 5.82 Å². The molecule has 5 nitrogen and oxygen atoms in total. The summed E-state index contributed by atoms with van der Waals surface area (Å²) in [5.74, 6) is 0.516. The third kappa shape index (κ3) is 2.52. The van der Waals surface area contributed by atoms with Gasteiger partial charge in [0.25, 0.3) is 0 Å². The Labute approximate surface area is 106 Å². The molecule has 0 aliphatic carbocycles. The molecule has 2 aromatic rings. The maximum Gasteiger partial charge on any atom is 0.381 e. The van der Waals surface area contributed by atoms with E-state index >= 15 is 0 Å². The fraction of sp³-hybridized carbons (Fsp3) is 0.182. The van der Waals surface area contributed by atoms with Crippen LogP contribution in [-0.2, 0) is 6.54 Å². The summed E-state index contributed by atoms with van der Waals surface area (Å²) >= 11 is 3.45. The lowest BCUT2D eigenvalue weighted by Crippen LogP contribution is -2.01. The van der Waals surface area contributed by atoms with Crippen molar-refractivity contribution in [3.63, 3.8) is 0 Å². The predicted molar refractivity (Wildman–Crippen MR) is 66.9 cm³/mol. The lowest BCUT2D eigenvalue weighted by molar-refractivity contribution is -0.389. The van der Waals surface area contributed by atoms with Crippen molar-refractivity contribution >= 4 is 21.7 Å². The minimum Gasteiger partial charge on any atom is -0.358 e. The largest absolute Gasteiger partial charge is 0.381 e. The second kappa shape index (κ2) is 4.67. The molecule has 0 N–H and O–H groups in total. The number of benzene rings is 1. The van der Waals surface area contributed by atoms with E-state index in [2.05, 4.69) is 20.9 Å². The fourth-order valence-corrected chi connectivity index (χ4v) is 1.96. The Morgan fingerprint density at radius 2 is 2.18 bits per heavy atom. The van der Waals surface area contributed by atoms with Gasteiger partial charge in [0.2, 0.25) is 5.82 Å². The zero-order chi connectivity index (χ0) is 12.4. The monoisotopic (exact) mass is 295 g/mol. The molecule has 2 rings (SSSR count). The minimum absolute atomic E-state index is 0.116. The molecular weight excluding hydrogens is 286 g/mol. The Hall–Kier alpha value is -1.69. The second-order valence-corrected chi connectivity index (χ2v) is 4.48. The molecular formula is C11H10BrN3O2. The second-order valence-electron chi connectivity index (χ2n) is 3.62. The molecule has 0 spiro atoms. The van der Waals surface area contributed by atoms with Gasteiger partial charge in [-0.1, -0.05) is 34.1 Å². The van der Waals surface area contributed by atoms with E-state index in [1.165, 1.54) is 6.20 Å². The molecule has 0 atom stereocenters. The Balaban J connectivity index is 2.30. The van der Waals surface area contributed by atoms with Crippen LogP contribution in [0.5, 0.6) is 0 Å². The van der Waals surface area contributed by atoms with E-state index < -0.39 is 4.92 Å². The topological polar surface area (TPSA) is 61.0 Å². The smallest absolute Gasteiger partial charge is 0.358 e. The van der Waals surface area contributed by atoms with Gasteiger partial charge < -0.3 is 14.7 Å². The quantitative estimate of drug-likeness (QED) is 0.646. The first-order chi connectivity index (χ1) is 8.08. The Bertz CT molecular complexity index is 566. The summed E-state index contributed by atoms with van der Waals surface area (Å²) < 4.78 is 2.74. The van der Waals surface area contributed by atoms with Crippen LogP contribution in [0.2, 0.25) is 0 Å². The van der Waals surface area contributed by atoms with E-state index in [4.69, 9.17) is 0 Å². The van der Waals surface area contributed by atoms with Crippen LogP contribution in [0, 0.1) is 17.0 Å². The SMILES string of the molecule is Cc1nc([N+](=O)[O-])cn1Cc1ccccc1Br. The van der Waals surface area contributed by atoms with Crippen molar-refractivity contribution in [2.24, 2.45) is 0 Å². The molecule has 0 fully saturated rings. The average molecular weight is 296 g/mol. The number of hydrogen-bond acceptors (Lipinski definition) is 3. The number of nitrogens with zero attached hydrogens (tertiary/aromatic N) is 3. The molecule has 0 unspecified atom stereocenters. The predicted octanol–water partition coefficient (Wildman–Crippen LogP) is 2.91. The Kier molecular flexibility index (Phi) is 3.23. The van der Waals surface area contributed by atoms with Gasteiger partial charge in [0, 0.05) is 11.4 Å². The number of rotatable bonds is 3. The molecule has 0 saturated carbocycles. The van der Waals surface area contributed by atoms with Crippen molar-refractivity contribution in [2.75, 3.05) is 0 Å². The number of imidazole rings is 1. The zero-order valence-electron chi connectivity index (χ0n) is 9.13. The zero-order valence-corrected chi connectivity index (χ0v) is 10.7. The summed E-state index contributed by atoms with van der Waals surface area (Å²) in [6.45, 7) is 2.32. The van der Waals surface area contributed by atoms with Crippen LogP contribution in [0.1, 0.15) is 11.4 Å². The molecule has 0 amide bonds. The molecule has 0 radical (unpaired) electrons. The summed E-state index contributed by atoms with van der Waals surface area (Å²) in [4.78, 5) is 14.0. The number of aromatic nitrogens is 2. The Morgan fingerprint density at radius 1 is 1.47 bits per heavy atom. The highest BCUT2D eigenvalue weighted by Gasteiger charge is 2.15. The van der Waals surface area contributed by atoms with Crippen LogP contribution in [0.4, 0.5) is 5.82 Å². The van der Waals surface area contributed by atoms with Gasteiger partial charge in [0.1, 0.15) is 6.20 Å². The van der Waals surface area contributed by atoms with Crippen molar-refractivity contribution in [2.45, 2.75) is 13.5 Å². The summed E-state index contributed by atoms with van der Waals surface area (Å²) in [6.07, 6.45) is 1.45. The van der Waals surface area contributed by atoms with Crippen LogP contribution in [0.15, 0.2) is 34.9 Å². The van der Waals surface area contributed by atoms with E-state index in [9.17, 15) is 10.1 Å². The first kappa shape index (κ1) is 11.8. The van der Waals surface area contributed by atoms with Crippen LogP contribution < -0.4 is 0 Å². The van der Waals surface area contributed by atoms with Gasteiger partial charge in [-0.15, -0.1) is 0 Å². The highest BCUT2D eigenvalue weighted by atomic mass is 79.9. The van der Waals surface area contributed by atoms with Gasteiger partial charge in [-0.05, 0) is 21.5 Å². The van der Waals surface area contributed by atoms with E-state index in [0.29, 0.717) is 12.4 Å². The number of halogens is 1. The standard InChI is InChI=1S/C11H10BrN3O2/c1-8-13-11(15(16)17)7-14(8)6-9-4-2-3-5-10(9)12/h2-5,7H,6H2,1H3. The summed E-state index contributed by atoms with van der Waals surface area (Å²) in [5, 5.41) is 10.6. The lowest BCUT2D eigenvalue weighted by atomic mass is 10.2. The van der Waals surface area contributed by atoms with E-state index in [1.807, 2.05) is 24.3 Å². The van der Waals surface area contributed by atoms with Crippen LogP contribution in [-0.4, -0.2) is 14.5 Å². The maximum absolute atomic E-state index is 10.6. The van der Waals surface area contributed by atoms with Crippen molar-refractivity contribution in [1.29, 1.82) is 0 Å². The summed E-state index contributed by atoms with van der Waals surface area (Å²) in [5.41, 5.74) is 1.06. The van der Waals surface area contributed by atoms with Crippen molar-refractivity contribution in [3.05, 3.63) is 56.4 Å². The molecule has 0 aliphatic heterocycles. The van der Waals surface area contributed by atoms with Gasteiger partial charge in [-0.2, -0.15) is 0 Å². The van der Waals surface area contributed by atoms with Gasteiger partial charge >= 0.3 is 5.82 Å². The van der Waals surface area contributed by atoms with Crippen molar-refractivity contribution < 1.29 is 4.92 Å². The van der Waals surface area contributed by atoms with E-state index in [0.717, 1.165) is 10.0 Å². The third-order valence-corrected chi connectivity index (χ3v) is 3.22. The van der Waals surface area contributed by atoms with Crippen LogP contribution >= 0.6 is 15.9 Å². The molecule has 0 aliphatic rings. The number of aryl methyl sites for hydroxylation is 1. The Morgan fingerprint density at radius 3 is 2.76 bits per heavy atom. The van der Waals surface area contributed by atoms with Gasteiger partial charge in [0.15, 0.2) is 0 Å². The fourth-order valence-electron chi connectivity index (χ4n) is 1.55. The molecule has 88 valence electrons. The molecule has 0 bridgehead atoms. The highest BCUT2D eigenvalue weighted by molar-refractivity contribution is 9.10. The first-order valence-electron chi connectivity index (χ1n) is 4.99. The maximum atomic E-state index is 10.6. The van der Waals surface area contributed by atoms with E-state index in [1.54, 1.807) is 11.5 Å². The molecule has 6 heteroatoms. The average Bonchev–Trinajstić information content (AvgIpc) is 2.64. The third-order valence-electron chi connectivity index (χ3n) is 2.45. The minimum atomic E-state index is -0.483. The highest BCUT2D eigenvalue weighted by Crippen LogP contribution is 2.19. The molecule has 1 aromatic carbocycles. The van der Waals surface area contributed by atoms with Gasteiger partial charge in [-0.25, -0.2) is 0 Å². The summed E-state index contributed by atoms with van der Waals surface area (Å²) in [7, 11) is 0.